The summed E-state index contributed by atoms with van der Waals surface area (Å²) in [5, 5.41) is 0. The van der Waals surface area contributed by atoms with E-state index in [2.05, 4.69) is 9.80 Å². The van der Waals surface area contributed by atoms with E-state index in [1.165, 1.54) is 77.5 Å². The fourth-order valence-electron chi connectivity index (χ4n) is 4.65. The van der Waals surface area contributed by atoms with Crippen molar-refractivity contribution in [2.24, 2.45) is 11.7 Å². The molecule has 3 aliphatic rings. The Morgan fingerprint density at radius 2 is 1.32 bits per heavy atom. The molecule has 0 spiro atoms. The second-order valence-corrected chi connectivity index (χ2v) is 6.86. The van der Waals surface area contributed by atoms with Gasteiger partial charge in [0.15, 0.2) is 0 Å². The smallest absolute Gasteiger partial charge is 0.0137 e. The van der Waals surface area contributed by atoms with Crippen LogP contribution in [0.5, 0.6) is 0 Å². The largest absolute Gasteiger partial charge is 0.330 e. The van der Waals surface area contributed by atoms with Crippen LogP contribution in [0.1, 0.15) is 51.4 Å². The lowest BCUT2D eigenvalue weighted by molar-refractivity contribution is 0.0363. The van der Waals surface area contributed by atoms with Gasteiger partial charge in [-0.1, -0.05) is 25.7 Å². The van der Waals surface area contributed by atoms with Crippen molar-refractivity contribution in [1.29, 1.82) is 0 Å². The quantitative estimate of drug-likeness (QED) is 0.848. The molecule has 0 amide bonds. The van der Waals surface area contributed by atoms with E-state index in [1.807, 2.05) is 0 Å². The van der Waals surface area contributed by atoms with Gasteiger partial charge >= 0.3 is 0 Å². The number of nitrogens with two attached hydrogens (primary N) is 1. The van der Waals surface area contributed by atoms with Crippen LogP contribution in [0.4, 0.5) is 0 Å². The van der Waals surface area contributed by atoms with Crippen molar-refractivity contribution < 1.29 is 0 Å². The molecule has 0 aromatic carbocycles. The molecule has 3 heteroatoms. The third-order valence-corrected chi connectivity index (χ3v) is 5.83. The summed E-state index contributed by atoms with van der Waals surface area (Å²) in [4.78, 5) is 5.53. The maximum atomic E-state index is 5.99. The third-order valence-electron chi connectivity index (χ3n) is 5.83. The van der Waals surface area contributed by atoms with Crippen molar-refractivity contribution in [2.75, 3.05) is 32.7 Å². The minimum absolute atomic E-state index is 0.770. The predicted molar refractivity (Wildman–Crippen MR) is 80.2 cm³/mol. The lowest BCUT2D eigenvalue weighted by atomic mass is 9.83. The minimum Gasteiger partial charge on any atom is -0.330 e. The Bertz CT molecular complexity index is 267. The summed E-state index contributed by atoms with van der Waals surface area (Å²) in [7, 11) is 0. The van der Waals surface area contributed by atoms with E-state index in [4.69, 9.17) is 5.73 Å². The fourth-order valence-corrected chi connectivity index (χ4v) is 4.65. The first-order valence-electron chi connectivity index (χ1n) is 8.56. The Kier molecular flexibility index (Phi) is 4.78. The molecular formula is C16H31N3. The Hall–Kier alpha value is -0.120. The van der Waals surface area contributed by atoms with Crippen molar-refractivity contribution >= 4 is 0 Å². The van der Waals surface area contributed by atoms with Crippen LogP contribution in [-0.4, -0.2) is 54.6 Å². The zero-order valence-electron chi connectivity index (χ0n) is 12.4. The maximum absolute atomic E-state index is 5.99. The summed E-state index contributed by atoms with van der Waals surface area (Å²) < 4.78 is 0. The highest BCUT2D eigenvalue weighted by Crippen LogP contribution is 2.30. The predicted octanol–water partition coefficient (Wildman–Crippen LogP) is 2.06. The molecule has 1 aliphatic heterocycles. The summed E-state index contributed by atoms with van der Waals surface area (Å²) in [6, 6.07) is 1.71. The van der Waals surface area contributed by atoms with Gasteiger partial charge in [0, 0.05) is 38.3 Å². The van der Waals surface area contributed by atoms with Crippen molar-refractivity contribution in [1.82, 2.24) is 9.80 Å². The monoisotopic (exact) mass is 265 g/mol. The molecule has 0 radical (unpaired) electrons. The summed E-state index contributed by atoms with van der Waals surface area (Å²) >= 11 is 0. The molecule has 3 rings (SSSR count). The fraction of sp³-hybridized carbons (Fsp3) is 1.00. The Morgan fingerprint density at radius 3 is 2.00 bits per heavy atom. The molecule has 2 aliphatic carbocycles. The first kappa shape index (κ1) is 13.8. The van der Waals surface area contributed by atoms with Crippen LogP contribution in [0.25, 0.3) is 0 Å². The third kappa shape index (κ3) is 3.14. The van der Waals surface area contributed by atoms with E-state index >= 15 is 0 Å². The number of nitrogens with zero attached hydrogens (tertiary/aromatic N) is 2. The summed E-state index contributed by atoms with van der Waals surface area (Å²) in [5.41, 5.74) is 5.99. The van der Waals surface area contributed by atoms with Crippen LogP contribution < -0.4 is 5.73 Å². The molecule has 2 N–H and O–H groups in total. The first-order chi connectivity index (χ1) is 9.38. The van der Waals surface area contributed by atoms with Crippen molar-refractivity contribution in [3.05, 3.63) is 0 Å². The van der Waals surface area contributed by atoms with Crippen molar-refractivity contribution in [3.8, 4) is 0 Å². The normalized spacial score (nSPS) is 35.8. The summed E-state index contributed by atoms with van der Waals surface area (Å²) in [6.45, 7) is 6.08. The zero-order chi connectivity index (χ0) is 13.1. The van der Waals surface area contributed by atoms with Gasteiger partial charge in [0.2, 0.25) is 0 Å². The molecule has 0 bridgehead atoms. The van der Waals surface area contributed by atoms with Gasteiger partial charge < -0.3 is 5.73 Å². The Morgan fingerprint density at radius 1 is 0.737 bits per heavy atom. The van der Waals surface area contributed by atoms with E-state index in [0.717, 1.165) is 24.5 Å². The second kappa shape index (κ2) is 6.55. The molecule has 19 heavy (non-hydrogen) atoms. The lowest BCUT2D eigenvalue weighted by Crippen LogP contribution is -2.55. The van der Waals surface area contributed by atoms with Crippen LogP contribution in [0, 0.1) is 5.92 Å². The van der Waals surface area contributed by atoms with Crippen LogP contribution in [0.15, 0.2) is 0 Å². The SMILES string of the molecule is NCC1CCCCC1N1CCN(C2CCCC2)CC1. The standard InChI is InChI=1S/C16H31N3/c17-13-14-5-1-4-8-16(14)19-11-9-18(10-12-19)15-6-2-3-7-15/h14-16H,1-13,17H2. The topological polar surface area (TPSA) is 32.5 Å². The summed E-state index contributed by atoms with van der Waals surface area (Å²) in [6.07, 6.45) is 11.4. The molecule has 1 heterocycles. The lowest BCUT2D eigenvalue weighted by Gasteiger charge is -2.45. The van der Waals surface area contributed by atoms with Gasteiger partial charge in [-0.3, -0.25) is 9.80 Å². The summed E-state index contributed by atoms with van der Waals surface area (Å²) in [5.74, 6) is 0.770. The number of piperazine rings is 1. The van der Waals surface area contributed by atoms with Crippen molar-refractivity contribution in [3.63, 3.8) is 0 Å². The van der Waals surface area contributed by atoms with Gasteiger partial charge in [-0.25, -0.2) is 0 Å². The van der Waals surface area contributed by atoms with E-state index in [-0.39, 0.29) is 0 Å². The highest BCUT2D eigenvalue weighted by atomic mass is 15.3. The van der Waals surface area contributed by atoms with Crippen LogP contribution in [0.2, 0.25) is 0 Å². The molecule has 0 aromatic heterocycles. The van der Waals surface area contributed by atoms with E-state index < -0.39 is 0 Å². The molecule has 3 fully saturated rings. The molecule has 2 unspecified atom stereocenters. The second-order valence-electron chi connectivity index (χ2n) is 6.86. The van der Waals surface area contributed by atoms with Crippen molar-refractivity contribution in [2.45, 2.75) is 63.5 Å². The molecule has 2 atom stereocenters. The average Bonchev–Trinajstić information content (AvgIpc) is 3.02. The Balaban J connectivity index is 1.51. The van der Waals surface area contributed by atoms with E-state index in [0.29, 0.717) is 0 Å². The van der Waals surface area contributed by atoms with Gasteiger partial charge in [0.25, 0.3) is 0 Å². The number of rotatable bonds is 3. The highest BCUT2D eigenvalue weighted by molar-refractivity contribution is 4.88. The average molecular weight is 265 g/mol. The van der Waals surface area contributed by atoms with Gasteiger partial charge in [0.1, 0.15) is 0 Å². The van der Waals surface area contributed by atoms with E-state index in [9.17, 15) is 0 Å². The molecule has 0 aromatic rings. The van der Waals surface area contributed by atoms with Crippen LogP contribution in [-0.2, 0) is 0 Å². The number of hydrogen-bond donors (Lipinski definition) is 1. The van der Waals surface area contributed by atoms with Crippen LogP contribution in [0.3, 0.4) is 0 Å². The van der Waals surface area contributed by atoms with Gasteiger partial charge in [-0.15, -0.1) is 0 Å². The molecule has 1 saturated heterocycles. The molecule has 2 saturated carbocycles. The number of hydrogen-bond acceptors (Lipinski definition) is 3. The first-order valence-corrected chi connectivity index (χ1v) is 8.56. The minimum atomic E-state index is 0.770. The van der Waals surface area contributed by atoms with Gasteiger partial charge in [-0.2, -0.15) is 0 Å². The van der Waals surface area contributed by atoms with E-state index in [1.54, 1.807) is 0 Å². The molecular weight excluding hydrogens is 234 g/mol. The zero-order valence-corrected chi connectivity index (χ0v) is 12.4. The van der Waals surface area contributed by atoms with Gasteiger partial charge in [-0.05, 0) is 38.1 Å². The molecule has 3 nitrogen and oxygen atoms in total. The van der Waals surface area contributed by atoms with Crippen LogP contribution >= 0.6 is 0 Å². The maximum Gasteiger partial charge on any atom is 0.0137 e. The Labute approximate surface area is 118 Å². The van der Waals surface area contributed by atoms with Gasteiger partial charge in [0.05, 0.1) is 0 Å². The molecule has 110 valence electrons. The highest BCUT2D eigenvalue weighted by Gasteiger charge is 2.33.